The van der Waals surface area contributed by atoms with Gasteiger partial charge in [0, 0.05) is 17.6 Å². The zero-order valence-electron chi connectivity index (χ0n) is 9.93. The first-order valence-corrected chi connectivity index (χ1v) is 6.10. The van der Waals surface area contributed by atoms with E-state index in [2.05, 4.69) is 41.6 Å². The normalized spacial score (nSPS) is 24.8. The van der Waals surface area contributed by atoms with Crippen molar-refractivity contribution in [1.82, 2.24) is 10.4 Å². The predicted octanol–water partition coefficient (Wildman–Crippen LogP) is 2.40. The molecular formula is C14H17N3. The lowest BCUT2D eigenvalue weighted by atomic mass is 10.0. The maximum Gasteiger partial charge on any atom is 0.0705 e. The number of hydrogen-bond donors (Lipinski definition) is 2. The van der Waals surface area contributed by atoms with Crippen LogP contribution in [0.2, 0.25) is 0 Å². The van der Waals surface area contributed by atoms with E-state index in [1.807, 2.05) is 12.3 Å². The maximum atomic E-state index is 5.68. The van der Waals surface area contributed by atoms with Crippen molar-refractivity contribution in [3.05, 3.63) is 42.1 Å². The van der Waals surface area contributed by atoms with Gasteiger partial charge in [-0.05, 0) is 36.0 Å². The van der Waals surface area contributed by atoms with Crippen molar-refractivity contribution in [2.45, 2.75) is 19.4 Å². The van der Waals surface area contributed by atoms with Crippen LogP contribution in [-0.4, -0.2) is 4.98 Å². The van der Waals surface area contributed by atoms with Gasteiger partial charge in [-0.25, -0.2) is 0 Å². The van der Waals surface area contributed by atoms with E-state index < -0.39 is 0 Å². The van der Waals surface area contributed by atoms with Gasteiger partial charge >= 0.3 is 0 Å². The Labute approximate surface area is 101 Å². The van der Waals surface area contributed by atoms with Gasteiger partial charge in [-0.1, -0.05) is 25.1 Å². The molecular weight excluding hydrogens is 210 g/mol. The zero-order chi connectivity index (χ0) is 11.8. The average Bonchev–Trinajstić information content (AvgIpc) is 3.07. The monoisotopic (exact) mass is 227 g/mol. The van der Waals surface area contributed by atoms with E-state index in [0.717, 1.165) is 11.4 Å². The lowest BCUT2D eigenvalue weighted by molar-refractivity contribution is 0.476. The van der Waals surface area contributed by atoms with E-state index in [9.17, 15) is 0 Å². The quantitative estimate of drug-likeness (QED) is 0.625. The molecule has 88 valence electrons. The number of nitrogens with zero attached hydrogens (tertiary/aromatic N) is 1. The maximum absolute atomic E-state index is 5.68. The summed E-state index contributed by atoms with van der Waals surface area (Å²) in [6.45, 7) is 2.27. The highest BCUT2D eigenvalue weighted by Gasteiger charge is 2.39. The molecule has 0 amide bonds. The fraction of sp³-hybridized carbons (Fsp3) is 0.357. The van der Waals surface area contributed by atoms with Gasteiger partial charge in [0.15, 0.2) is 0 Å². The second kappa shape index (κ2) is 4.09. The first-order valence-electron chi connectivity index (χ1n) is 6.10. The molecule has 0 bridgehead atoms. The lowest BCUT2D eigenvalue weighted by Gasteiger charge is -2.16. The summed E-state index contributed by atoms with van der Waals surface area (Å²) in [4.78, 5) is 4.39. The number of benzene rings is 1. The van der Waals surface area contributed by atoms with Gasteiger partial charge in [0.05, 0.1) is 5.52 Å². The largest absolute Gasteiger partial charge is 0.271 e. The molecule has 3 N–H and O–H groups in total. The van der Waals surface area contributed by atoms with Crippen LogP contribution in [0.1, 0.15) is 24.9 Å². The van der Waals surface area contributed by atoms with Crippen LogP contribution in [0, 0.1) is 11.8 Å². The molecule has 3 unspecified atom stereocenters. The standard InChI is InChI=1S/C14H17N3/c1-9-7-12(9)14(17-15)11-5-4-10-3-2-6-16-13(10)8-11/h2-6,8-9,12,14,17H,7,15H2,1H3. The van der Waals surface area contributed by atoms with Gasteiger partial charge in [-0.15, -0.1) is 0 Å². The highest BCUT2D eigenvalue weighted by molar-refractivity contribution is 5.79. The Morgan fingerprint density at radius 2 is 2.24 bits per heavy atom. The summed E-state index contributed by atoms with van der Waals surface area (Å²) >= 11 is 0. The van der Waals surface area contributed by atoms with E-state index in [4.69, 9.17) is 5.84 Å². The van der Waals surface area contributed by atoms with E-state index in [0.29, 0.717) is 5.92 Å². The SMILES string of the molecule is CC1CC1C(NN)c1ccc2cccnc2c1. The van der Waals surface area contributed by atoms with Gasteiger partial charge < -0.3 is 0 Å². The van der Waals surface area contributed by atoms with Crippen molar-refractivity contribution in [2.24, 2.45) is 17.7 Å². The number of rotatable bonds is 3. The van der Waals surface area contributed by atoms with Crippen molar-refractivity contribution >= 4 is 10.9 Å². The third-order valence-electron chi connectivity index (χ3n) is 3.77. The molecule has 1 saturated carbocycles. The van der Waals surface area contributed by atoms with Crippen LogP contribution in [0.25, 0.3) is 10.9 Å². The summed E-state index contributed by atoms with van der Waals surface area (Å²) < 4.78 is 0. The van der Waals surface area contributed by atoms with Crippen LogP contribution in [0.4, 0.5) is 0 Å². The molecule has 0 saturated heterocycles. The average molecular weight is 227 g/mol. The number of pyridine rings is 1. The summed E-state index contributed by atoms with van der Waals surface area (Å²) in [5.41, 5.74) is 5.23. The van der Waals surface area contributed by atoms with Gasteiger partial charge in [0.1, 0.15) is 0 Å². The Bertz CT molecular complexity index is 538. The highest BCUT2D eigenvalue weighted by atomic mass is 15.2. The van der Waals surface area contributed by atoms with Crippen LogP contribution in [-0.2, 0) is 0 Å². The Balaban J connectivity index is 1.99. The topological polar surface area (TPSA) is 50.9 Å². The summed E-state index contributed by atoms with van der Waals surface area (Å²) in [5.74, 6) is 7.12. The van der Waals surface area contributed by atoms with E-state index in [1.165, 1.54) is 17.4 Å². The second-order valence-corrected chi connectivity index (χ2v) is 4.98. The van der Waals surface area contributed by atoms with E-state index in [1.54, 1.807) is 0 Å². The molecule has 3 rings (SSSR count). The van der Waals surface area contributed by atoms with Crippen molar-refractivity contribution < 1.29 is 0 Å². The molecule has 1 aromatic heterocycles. The molecule has 1 heterocycles. The van der Waals surface area contributed by atoms with Gasteiger partial charge in [-0.3, -0.25) is 16.3 Å². The highest BCUT2D eigenvalue weighted by Crippen LogP contribution is 2.46. The Kier molecular flexibility index (Phi) is 2.57. The van der Waals surface area contributed by atoms with Gasteiger partial charge in [0.2, 0.25) is 0 Å². The first-order chi connectivity index (χ1) is 8.29. The second-order valence-electron chi connectivity index (χ2n) is 4.98. The number of hydrogen-bond acceptors (Lipinski definition) is 3. The minimum atomic E-state index is 0.261. The van der Waals surface area contributed by atoms with E-state index >= 15 is 0 Å². The fourth-order valence-corrected chi connectivity index (χ4v) is 2.56. The Morgan fingerprint density at radius 1 is 1.41 bits per heavy atom. The minimum absolute atomic E-state index is 0.261. The molecule has 3 nitrogen and oxygen atoms in total. The van der Waals surface area contributed by atoms with Gasteiger partial charge in [-0.2, -0.15) is 0 Å². The number of aromatic nitrogens is 1. The summed E-state index contributed by atoms with van der Waals surface area (Å²) in [6, 6.07) is 10.7. The first kappa shape index (κ1) is 10.7. The van der Waals surface area contributed by atoms with Gasteiger partial charge in [0.25, 0.3) is 0 Å². The van der Waals surface area contributed by atoms with E-state index in [-0.39, 0.29) is 6.04 Å². The third-order valence-corrected chi connectivity index (χ3v) is 3.77. The van der Waals surface area contributed by atoms with Crippen LogP contribution in [0.3, 0.4) is 0 Å². The van der Waals surface area contributed by atoms with Crippen LogP contribution in [0.15, 0.2) is 36.5 Å². The number of fused-ring (bicyclic) bond motifs is 1. The molecule has 1 aliphatic rings. The molecule has 1 aromatic carbocycles. The molecule has 0 spiro atoms. The summed E-state index contributed by atoms with van der Waals surface area (Å²) in [6.07, 6.45) is 3.09. The zero-order valence-corrected chi connectivity index (χ0v) is 9.93. The summed E-state index contributed by atoms with van der Waals surface area (Å²) in [5, 5.41) is 1.18. The molecule has 3 atom stereocenters. The number of nitrogens with two attached hydrogens (primary N) is 1. The van der Waals surface area contributed by atoms with Crippen molar-refractivity contribution in [3.8, 4) is 0 Å². The Hall–Kier alpha value is -1.45. The summed E-state index contributed by atoms with van der Waals surface area (Å²) in [7, 11) is 0. The predicted molar refractivity (Wildman–Crippen MR) is 69.1 cm³/mol. The van der Waals surface area contributed by atoms with Crippen LogP contribution < -0.4 is 11.3 Å². The number of nitrogens with one attached hydrogen (secondary N) is 1. The number of hydrazine groups is 1. The molecule has 1 fully saturated rings. The van der Waals surface area contributed by atoms with Crippen LogP contribution in [0.5, 0.6) is 0 Å². The van der Waals surface area contributed by atoms with Crippen molar-refractivity contribution in [3.63, 3.8) is 0 Å². The molecule has 1 aliphatic carbocycles. The smallest absolute Gasteiger partial charge is 0.0705 e. The molecule has 0 aliphatic heterocycles. The molecule has 0 radical (unpaired) electrons. The molecule has 17 heavy (non-hydrogen) atoms. The lowest BCUT2D eigenvalue weighted by Crippen LogP contribution is -2.29. The minimum Gasteiger partial charge on any atom is -0.271 e. The Morgan fingerprint density at radius 3 is 2.94 bits per heavy atom. The van der Waals surface area contributed by atoms with Crippen molar-refractivity contribution in [1.29, 1.82) is 0 Å². The molecule has 2 aromatic rings. The van der Waals surface area contributed by atoms with Crippen LogP contribution >= 0.6 is 0 Å². The van der Waals surface area contributed by atoms with Crippen molar-refractivity contribution in [2.75, 3.05) is 0 Å². The third kappa shape index (κ3) is 1.92. The fourth-order valence-electron chi connectivity index (χ4n) is 2.56. The molecule has 3 heteroatoms.